The van der Waals surface area contributed by atoms with Crippen molar-refractivity contribution in [1.82, 2.24) is 0 Å². The van der Waals surface area contributed by atoms with E-state index in [-0.39, 0.29) is 6.61 Å². The van der Waals surface area contributed by atoms with E-state index in [1.165, 1.54) is 10.8 Å². The second-order valence-corrected chi connectivity index (χ2v) is 6.63. The highest BCUT2D eigenvalue weighted by Crippen LogP contribution is 2.34. The number of benzene rings is 2. The van der Waals surface area contributed by atoms with Crippen molar-refractivity contribution < 1.29 is 9.53 Å². The Morgan fingerprint density at radius 1 is 1.10 bits per heavy atom. The van der Waals surface area contributed by atoms with Crippen molar-refractivity contribution in [2.75, 3.05) is 5.32 Å². The largest absolute Gasteiger partial charge is 0.444 e. The molecule has 1 amide bonds. The van der Waals surface area contributed by atoms with Gasteiger partial charge in [-0.05, 0) is 51.3 Å². The maximum atomic E-state index is 11.6. The number of ether oxygens (including phenoxy) is 1. The molecular weight excluding hydrogens is 314 g/mol. The van der Waals surface area contributed by atoms with E-state index >= 15 is 0 Å². The maximum absolute atomic E-state index is 11.6. The van der Waals surface area contributed by atoms with Crippen molar-refractivity contribution in [2.45, 2.75) is 11.5 Å². The minimum absolute atomic E-state index is 0.253. The van der Waals surface area contributed by atoms with E-state index in [1.54, 1.807) is 12.1 Å². The van der Waals surface area contributed by atoms with Crippen LogP contribution >= 0.6 is 31.5 Å². The molecule has 0 aliphatic carbocycles. The van der Waals surface area contributed by atoms with E-state index in [4.69, 9.17) is 15.4 Å². The Morgan fingerprint density at radius 2 is 1.80 bits per heavy atom. The average Bonchev–Trinajstić information content (AvgIpc) is 2.49. The monoisotopic (exact) mass is 325 g/mol. The minimum atomic E-state index is -0.471. The fourth-order valence-corrected chi connectivity index (χ4v) is 3.03. The summed E-state index contributed by atoms with van der Waals surface area (Å²) in [5, 5.41) is 2.67. The van der Waals surface area contributed by atoms with Crippen LogP contribution in [0.1, 0.15) is 5.56 Å². The van der Waals surface area contributed by atoms with Crippen LogP contribution in [-0.4, -0.2) is 6.09 Å². The lowest BCUT2D eigenvalue weighted by Crippen LogP contribution is -2.13. The van der Waals surface area contributed by atoms with Gasteiger partial charge in [-0.3, -0.25) is 5.32 Å². The second kappa shape index (κ2) is 8.09. The number of rotatable bonds is 5. The zero-order valence-electron chi connectivity index (χ0n) is 10.4. The Hall–Kier alpha value is -1.30. The molecule has 0 radical (unpaired) electrons. The highest BCUT2D eigenvalue weighted by Gasteiger charge is 2.03. The van der Waals surface area contributed by atoms with Crippen LogP contribution in [0.3, 0.4) is 0 Å². The Bertz CT molecular complexity index is 549. The summed E-state index contributed by atoms with van der Waals surface area (Å²) in [5.74, 6) is 0. The smallest absolute Gasteiger partial charge is 0.411 e. The van der Waals surface area contributed by atoms with Crippen LogP contribution in [0.15, 0.2) is 59.5 Å². The standard InChI is InChI=1S/C14H12ClNO2S2/c15-20-19-13-8-6-12(7-9-13)16-14(17)18-10-11-4-2-1-3-5-11/h1-9H,10H2,(H,16,17). The number of hydrogen-bond acceptors (Lipinski definition) is 4. The number of amides is 1. The lowest BCUT2D eigenvalue weighted by atomic mass is 10.2. The molecule has 6 heteroatoms. The molecule has 3 nitrogen and oxygen atoms in total. The summed E-state index contributed by atoms with van der Waals surface area (Å²) < 4.78 is 5.13. The predicted octanol–water partition coefficient (Wildman–Crippen LogP) is 5.33. The van der Waals surface area contributed by atoms with Gasteiger partial charge >= 0.3 is 6.09 Å². The third-order valence-electron chi connectivity index (χ3n) is 2.44. The van der Waals surface area contributed by atoms with Gasteiger partial charge in [-0.15, -0.1) is 0 Å². The van der Waals surface area contributed by atoms with E-state index < -0.39 is 6.09 Å². The van der Waals surface area contributed by atoms with Gasteiger partial charge in [0.15, 0.2) is 0 Å². The summed E-state index contributed by atoms with van der Waals surface area (Å²) >= 11 is 0. The number of carbonyl (C=O) groups is 1. The maximum Gasteiger partial charge on any atom is 0.411 e. The van der Waals surface area contributed by atoms with Gasteiger partial charge in [-0.1, -0.05) is 30.3 Å². The third kappa shape index (κ3) is 5.00. The summed E-state index contributed by atoms with van der Waals surface area (Å²) in [6, 6.07) is 16.9. The van der Waals surface area contributed by atoms with Gasteiger partial charge in [-0.2, -0.15) is 0 Å². The minimum Gasteiger partial charge on any atom is -0.444 e. The van der Waals surface area contributed by atoms with Crippen LogP contribution in [0.4, 0.5) is 10.5 Å². The molecule has 0 spiro atoms. The van der Waals surface area contributed by atoms with Gasteiger partial charge in [0.1, 0.15) is 6.61 Å². The van der Waals surface area contributed by atoms with Gasteiger partial charge in [0, 0.05) is 20.6 Å². The molecule has 0 saturated carbocycles. The van der Waals surface area contributed by atoms with E-state index in [0.29, 0.717) is 5.69 Å². The summed E-state index contributed by atoms with van der Waals surface area (Å²) in [5.41, 5.74) is 1.64. The molecule has 104 valence electrons. The molecule has 0 aliphatic rings. The van der Waals surface area contributed by atoms with E-state index in [0.717, 1.165) is 20.5 Å². The molecule has 0 heterocycles. The molecule has 0 aliphatic heterocycles. The van der Waals surface area contributed by atoms with Crippen molar-refractivity contribution in [3.05, 3.63) is 60.2 Å². The van der Waals surface area contributed by atoms with E-state index in [9.17, 15) is 4.79 Å². The van der Waals surface area contributed by atoms with E-state index in [1.807, 2.05) is 42.5 Å². The molecule has 0 atom stereocenters. The van der Waals surface area contributed by atoms with Crippen molar-refractivity contribution in [1.29, 1.82) is 0 Å². The number of carbonyl (C=O) groups excluding carboxylic acids is 1. The average molecular weight is 326 g/mol. The van der Waals surface area contributed by atoms with E-state index in [2.05, 4.69) is 5.32 Å². The number of hydrogen-bond donors (Lipinski definition) is 1. The fraction of sp³-hybridized carbons (Fsp3) is 0.0714. The van der Waals surface area contributed by atoms with Crippen LogP contribution in [0.25, 0.3) is 0 Å². The van der Waals surface area contributed by atoms with Gasteiger partial charge < -0.3 is 4.74 Å². The van der Waals surface area contributed by atoms with Crippen LogP contribution in [0.5, 0.6) is 0 Å². The first kappa shape index (κ1) is 15.1. The van der Waals surface area contributed by atoms with Crippen LogP contribution in [0, 0.1) is 0 Å². The first-order valence-corrected chi connectivity index (χ1v) is 8.78. The van der Waals surface area contributed by atoms with Gasteiger partial charge in [0.05, 0.1) is 0 Å². The number of nitrogens with one attached hydrogen (secondary N) is 1. The molecule has 2 rings (SSSR count). The highest BCUT2D eigenvalue weighted by atomic mass is 35.7. The summed E-state index contributed by atoms with van der Waals surface area (Å²) in [4.78, 5) is 12.7. The molecular formula is C14H12ClNO2S2. The van der Waals surface area contributed by atoms with Crippen molar-refractivity contribution in [3.8, 4) is 0 Å². The normalized spacial score (nSPS) is 10.1. The SMILES string of the molecule is O=C(Nc1ccc(SSCl)cc1)OCc1ccccc1. The molecule has 2 aromatic rings. The zero-order valence-corrected chi connectivity index (χ0v) is 12.8. The summed E-state index contributed by atoms with van der Waals surface area (Å²) in [6.45, 7) is 0.253. The molecule has 0 fully saturated rings. The fourth-order valence-electron chi connectivity index (χ4n) is 1.51. The summed E-state index contributed by atoms with van der Waals surface area (Å²) in [6.07, 6.45) is -0.471. The number of anilines is 1. The molecule has 0 aromatic heterocycles. The van der Waals surface area contributed by atoms with Crippen LogP contribution in [-0.2, 0) is 11.3 Å². The first-order valence-electron chi connectivity index (χ1n) is 5.81. The molecule has 20 heavy (non-hydrogen) atoms. The molecule has 0 unspecified atom stereocenters. The molecule has 0 saturated heterocycles. The van der Waals surface area contributed by atoms with Gasteiger partial charge in [0.2, 0.25) is 0 Å². The van der Waals surface area contributed by atoms with Crippen LogP contribution in [0.2, 0.25) is 0 Å². The molecule has 2 aromatic carbocycles. The summed E-state index contributed by atoms with van der Waals surface area (Å²) in [7, 11) is 8.16. The number of halogens is 1. The lowest BCUT2D eigenvalue weighted by molar-refractivity contribution is 0.155. The van der Waals surface area contributed by atoms with Crippen molar-refractivity contribution in [3.63, 3.8) is 0 Å². The highest BCUT2D eigenvalue weighted by molar-refractivity contribution is 8.85. The first-order chi connectivity index (χ1) is 9.78. The van der Waals surface area contributed by atoms with Crippen LogP contribution < -0.4 is 5.32 Å². The topological polar surface area (TPSA) is 38.3 Å². The second-order valence-electron chi connectivity index (χ2n) is 3.86. The molecule has 0 bridgehead atoms. The van der Waals surface area contributed by atoms with Crippen molar-refractivity contribution >= 4 is 43.3 Å². The Labute approximate surface area is 129 Å². The zero-order chi connectivity index (χ0) is 14.2. The Kier molecular flexibility index (Phi) is 6.11. The molecule has 1 N–H and O–H groups in total. The third-order valence-corrected chi connectivity index (χ3v) is 4.30. The lowest BCUT2D eigenvalue weighted by Gasteiger charge is -2.07. The quantitative estimate of drug-likeness (QED) is 0.754. The predicted molar refractivity (Wildman–Crippen MR) is 86.0 cm³/mol. The Morgan fingerprint density at radius 3 is 2.45 bits per heavy atom. The van der Waals surface area contributed by atoms with Crippen molar-refractivity contribution in [2.24, 2.45) is 0 Å². The Balaban J connectivity index is 1.82. The van der Waals surface area contributed by atoms with Gasteiger partial charge in [-0.25, -0.2) is 4.79 Å². The van der Waals surface area contributed by atoms with Gasteiger partial charge in [0.25, 0.3) is 0 Å².